The lowest BCUT2D eigenvalue weighted by molar-refractivity contribution is -0.140. The molecule has 0 radical (unpaired) electrons. The van der Waals surface area contributed by atoms with Crippen LogP contribution in [0.4, 0.5) is 5.69 Å². The van der Waals surface area contributed by atoms with Gasteiger partial charge in [0, 0.05) is 35.8 Å². The molecule has 1 fully saturated rings. The van der Waals surface area contributed by atoms with Crippen molar-refractivity contribution >= 4 is 34.4 Å². The number of aryl methyl sites for hydroxylation is 1. The van der Waals surface area contributed by atoms with E-state index < -0.39 is 17.5 Å². The first-order valence-electron chi connectivity index (χ1n) is 15.4. The maximum absolute atomic E-state index is 13.5. The zero-order valence-electron chi connectivity index (χ0n) is 25.8. The molecule has 1 aliphatic heterocycles. The number of anilines is 1. The van der Waals surface area contributed by atoms with Crippen LogP contribution < -0.4 is 16.4 Å². The first-order chi connectivity index (χ1) is 21.7. The third-order valence-electron chi connectivity index (χ3n) is 8.14. The van der Waals surface area contributed by atoms with Crippen LogP contribution in [0.5, 0.6) is 0 Å². The van der Waals surface area contributed by atoms with Gasteiger partial charge < -0.3 is 30.5 Å². The van der Waals surface area contributed by atoms with E-state index in [0.29, 0.717) is 42.4 Å². The molecule has 10 heteroatoms. The van der Waals surface area contributed by atoms with E-state index in [4.69, 9.17) is 15.0 Å². The summed E-state index contributed by atoms with van der Waals surface area (Å²) in [5.74, 6) is -0.312. The lowest BCUT2D eigenvalue weighted by Gasteiger charge is -2.35. The highest BCUT2D eigenvalue weighted by Gasteiger charge is 2.32. The van der Waals surface area contributed by atoms with Gasteiger partial charge in [0.15, 0.2) is 5.58 Å². The van der Waals surface area contributed by atoms with E-state index in [2.05, 4.69) is 15.8 Å². The van der Waals surface area contributed by atoms with Crippen molar-refractivity contribution < 1.29 is 23.6 Å². The molecule has 1 aromatic heterocycles. The number of hydrogen-bond donors (Lipinski definition) is 3. The van der Waals surface area contributed by atoms with E-state index >= 15 is 0 Å². The van der Waals surface area contributed by atoms with Crippen LogP contribution in [0, 0.1) is 5.92 Å². The smallest absolute Gasteiger partial charge is 0.255 e. The van der Waals surface area contributed by atoms with E-state index in [-0.39, 0.29) is 18.4 Å². The van der Waals surface area contributed by atoms with Crippen molar-refractivity contribution in [2.45, 2.75) is 57.7 Å². The van der Waals surface area contributed by atoms with Crippen LogP contribution in [0.2, 0.25) is 0 Å². The number of ether oxygens (including phenoxy) is 1. The Kier molecular flexibility index (Phi) is 10.3. The normalized spacial score (nSPS) is 14.7. The number of amides is 3. The minimum atomic E-state index is -1.12. The van der Waals surface area contributed by atoms with Gasteiger partial charge in [-0.05, 0) is 75.3 Å². The number of fused-ring (bicyclic) bond motifs is 1. The Balaban J connectivity index is 1.12. The molecule has 0 unspecified atom stereocenters. The average Bonchev–Trinajstić information content (AvgIpc) is 3.45. The zero-order valence-corrected chi connectivity index (χ0v) is 25.8. The first-order valence-corrected chi connectivity index (χ1v) is 15.4. The fourth-order valence-electron chi connectivity index (χ4n) is 5.43. The van der Waals surface area contributed by atoms with Gasteiger partial charge in [-0.15, -0.1) is 0 Å². The Hall–Kier alpha value is -4.54. The van der Waals surface area contributed by atoms with Crippen LogP contribution in [-0.4, -0.2) is 59.1 Å². The summed E-state index contributed by atoms with van der Waals surface area (Å²) in [6, 6.07) is 23.5. The molecular formula is C35H41N5O5. The summed E-state index contributed by atoms with van der Waals surface area (Å²) in [5.41, 5.74) is 8.60. The molecule has 1 aliphatic rings. The van der Waals surface area contributed by atoms with Gasteiger partial charge in [0.2, 0.25) is 11.8 Å². The predicted octanol–water partition coefficient (Wildman–Crippen LogP) is 4.69. The number of carbonyl (C=O) groups is 3. The fraction of sp³-hybridized carbons (Fsp3) is 0.371. The van der Waals surface area contributed by atoms with Gasteiger partial charge in [-0.3, -0.25) is 14.4 Å². The maximum Gasteiger partial charge on any atom is 0.255 e. The Labute approximate surface area is 263 Å². The highest BCUT2D eigenvalue weighted by atomic mass is 16.5. The largest absolute Gasteiger partial charge is 0.374 e. The number of piperidine rings is 1. The predicted molar refractivity (Wildman–Crippen MR) is 172 cm³/mol. The molecule has 45 heavy (non-hydrogen) atoms. The van der Waals surface area contributed by atoms with Crippen LogP contribution in [0.1, 0.15) is 54.7 Å². The Morgan fingerprint density at radius 3 is 2.40 bits per heavy atom. The SMILES string of the molecule is CC(C)(N)C(=O)N[C@H](COCc1ccccc1)C(=O)N1CCC(CCc2noc3cc(NC(=O)c4ccccc4)ccc23)CC1. The maximum atomic E-state index is 13.5. The highest BCUT2D eigenvalue weighted by Crippen LogP contribution is 2.27. The number of nitrogens with two attached hydrogens (primary N) is 1. The van der Waals surface area contributed by atoms with Gasteiger partial charge in [0.25, 0.3) is 5.91 Å². The van der Waals surface area contributed by atoms with Gasteiger partial charge >= 0.3 is 0 Å². The Morgan fingerprint density at radius 1 is 1.02 bits per heavy atom. The molecule has 236 valence electrons. The van der Waals surface area contributed by atoms with E-state index in [9.17, 15) is 14.4 Å². The minimum absolute atomic E-state index is 0.0619. The van der Waals surface area contributed by atoms with E-state index in [1.807, 2.05) is 65.6 Å². The Bertz CT molecular complexity index is 1590. The third-order valence-corrected chi connectivity index (χ3v) is 8.14. The molecule has 3 amide bonds. The van der Waals surface area contributed by atoms with Crippen molar-refractivity contribution in [1.82, 2.24) is 15.4 Å². The average molecular weight is 612 g/mol. The van der Waals surface area contributed by atoms with Crippen molar-refractivity contribution in [1.29, 1.82) is 0 Å². The standard InChI is InChI=1S/C35H41N5O5/c1-35(2,36)34(43)38-30(23-44-22-25-9-5-3-6-10-25)33(42)40-19-17-24(18-20-40)13-16-29-28-15-14-27(21-31(28)45-39-29)37-32(41)26-11-7-4-8-12-26/h3-12,14-15,21,24,30H,13,16-20,22-23,36H2,1-2H3,(H,37,41)(H,38,43)/t30-/m1/s1. The summed E-state index contributed by atoms with van der Waals surface area (Å²) in [5, 5.41) is 11.0. The molecule has 0 aliphatic carbocycles. The number of carbonyl (C=O) groups excluding carboxylic acids is 3. The molecule has 0 spiro atoms. The lowest BCUT2D eigenvalue weighted by Crippen LogP contribution is -2.58. The van der Waals surface area contributed by atoms with Crippen LogP contribution in [0.25, 0.3) is 11.0 Å². The van der Waals surface area contributed by atoms with Gasteiger partial charge in [0.1, 0.15) is 6.04 Å². The molecule has 1 saturated heterocycles. The Morgan fingerprint density at radius 2 is 1.71 bits per heavy atom. The van der Waals surface area contributed by atoms with E-state index in [0.717, 1.165) is 42.3 Å². The van der Waals surface area contributed by atoms with Crippen molar-refractivity contribution in [2.24, 2.45) is 11.7 Å². The third kappa shape index (κ3) is 8.55. The molecule has 0 saturated carbocycles. The highest BCUT2D eigenvalue weighted by molar-refractivity contribution is 6.05. The summed E-state index contributed by atoms with van der Waals surface area (Å²) in [4.78, 5) is 40.5. The van der Waals surface area contributed by atoms with Crippen LogP contribution in [0.3, 0.4) is 0 Å². The quantitative estimate of drug-likeness (QED) is 0.211. The molecular weight excluding hydrogens is 570 g/mol. The molecule has 1 atom stereocenters. The van der Waals surface area contributed by atoms with Crippen LogP contribution >= 0.6 is 0 Å². The molecule has 3 aromatic carbocycles. The number of likely N-dealkylation sites (tertiary alicyclic amines) is 1. The minimum Gasteiger partial charge on any atom is -0.374 e. The zero-order chi connectivity index (χ0) is 31.8. The fourth-order valence-corrected chi connectivity index (χ4v) is 5.43. The number of benzene rings is 3. The second-order valence-corrected chi connectivity index (χ2v) is 12.2. The second-order valence-electron chi connectivity index (χ2n) is 12.2. The first kappa shape index (κ1) is 31.9. The number of nitrogens with one attached hydrogen (secondary N) is 2. The van der Waals surface area contributed by atoms with Crippen LogP contribution in [0.15, 0.2) is 83.4 Å². The summed E-state index contributed by atoms with van der Waals surface area (Å²) in [6.07, 6.45) is 3.37. The van der Waals surface area contributed by atoms with Gasteiger partial charge in [-0.2, -0.15) is 0 Å². The van der Waals surface area contributed by atoms with Gasteiger partial charge in [0.05, 0.1) is 24.4 Å². The molecule has 4 N–H and O–H groups in total. The topological polar surface area (TPSA) is 140 Å². The number of aromatic nitrogens is 1. The number of rotatable bonds is 12. The summed E-state index contributed by atoms with van der Waals surface area (Å²) >= 11 is 0. The van der Waals surface area contributed by atoms with Gasteiger partial charge in [-0.25, -0.2) is 0 Å². The van der Waals surface area contributed by atoms with Crippen molar-refractivity contribution in [3.05, 3.63) is 95.7 Å². The molecule has 10 nitrogen and oxygen atoms in total. The summed E-state index contributed by atoms with van der Waals surface area (Å²) < 4.78 is 11.4. The number of nitrogens with zero attached hydrogens (tertiary/aromatic N) is 2. The molecule has 5 rings (SSSR count). The molecule has 2 heterocycles. The van der Waals surface area contributed by atoms with E-state index in [1.165, 1.54) is 0 Å². The van der Waals surface area contributed by atoms with Crippen LogP contribution in [-0.2, 0) is 27.4 Å². The van der Waals surface area contributed by atoms with Crippen molar-refractivity contribution in [3.63, 3.8) is 0 Å². The second kappa shape index (κ2) is 14.5. The van der Waals surface area contributed by atoms with Crippen molar-refractivity contribution in [2.75, 3.05) is 25.0 Å². The lowest BCUT2D eigenvalue weighted by atomic mass is 9.91. The molecule has 0 bridgehead atoms. The van der Waals surface area contributed by atoms with E-state index in [1.54, 1.807) is 32.0 Å². The summed E-state index contributed by atoms with van der Waals surface area (Å²) in [6.45, 7) is 4.83. The monoisotopic (exact) mass is 611 g/mol. The van der Waals surface area contributed by atoms with Crippen molar-refractivity contribution in [3.8, 4) is 0 Å². The molecule has 4 aromatic rings. The summed E-state index contributed by atoms with van der Waals surface area (Å²) in [7, 11) is 0. The van der Waals surface area contributed by atoms with Gasteiger partial charge in [-0.1, -0.05) is 53.7 Å². The number of hydrogen-bond acceptors (Lipinski definition) is 7.